The van der Waals surface area contributed by atoms with Crippen molar-refractivity contribution >= 4 is 23.2 Å². The van der Waals surface area contributed by atoms with E-state index in [1.807, 2.05) is 24.3 Å². The highest BCUT2D eigenvalue weighted by atomic mass is 35.5. The quantitative estimate of drug-likeness (QED) is 0.804. The summed E-state index contributed by atoms with van der Waals surface area (Å²) in [6.07, 6.45) is 1.39. The lowest BCUT2D eigenvalue weighted by atomic mass is 10.2. The molecule has 1 aromatic heterocycles. The molecule has 0 saturated heterocycles. The van der Waals surface area contributed by atoms with Gasteiger partial charge < -0.3 is 4.74 Å². The van der Waals surface area contributed by atoms with Gasteiger partial charge in [-0.3, -0.25) is 0 Å². The molecular formula is C11H9Cl2N3O. The Hall–Kier alpha value is -1.39. The molecule has 0 aliphatic carbocycles. The third-order valence-electron chi connectivity index (χ3n) is 2.13. The first kappa shape index (κ1) is 12.1. The average Bonchev–Trinajstić information content (AvgIpc) is 2.39. The molecule has 4 nitrogen and oxygen atoms in total. The molecule has 0 amide bonds. The fourth-order valence-electron chi connectivity index (χ4n) is 1.29. The summed E-state index contributed by atoms with van der Waals surface area (Å²) in [5, 5.41) is 0. The van der Waals surface area contributed by atoms with Crippen LogP contribution in [0.15, 0.2) is 30.6 Å². The third-order valence-corrected chi connectivity index (χ3v) is 2.52. The van der Waals surface area contributed by atoms with Gasteiger partial charge in [-0.15, -0.1) is 0 Å². The summed E-state index contributed by atoms with van der Waals surface area (Å²) < 4.78 is 5.07. The van der Waals surface area contributed by atoms with Crippen molar-refractivity contribution in [1.82, 2.24) is 15.0 Å². The molecule has 88 valence electrons. The van der Waals surface area contributed by atoms with Crippen LogP contribution in [0.5, 0.6) is 5.75 Å². The van der Waals surface area contributed by atoms with E-state index in [0.29, 0.717) is 11.6 Å². The van der Waals surface area contributed by atoms with Crippen LogP contribution in [0.1, 0.15) is 10.7 Å². The Morgan fingerprint density at radius 1 is 1.12 bits per heavy atom. The van der Waals surface area contributed by atoms with Gasteiger partial charge in [-0.05, 0) is 24.3 Å². The largest absolute Gasteiger partial charge is 0.497 e. The molecule has 0 saturated carbocycles. The number of halogens is 2. The van der Waals surface area contributed by atoms with Gasteiger partial charge in [0.15, 0.2) is 16.5 Å². The minimum atomic E-state index is -0.755. The summed E-state index contributed by atoms with van der Waals surface area (Å²) in [4.78, 5) is 11.4. The van der Waals surface area contributed by atoms with E-state index >= 15 is 0 Å². The van der Waals surface area contributed by atoms with Gasteiger partial charge in [0.1, 0.15) is 12.1 Å². The van der Waals surface area contributed by atoms with E-state index in [1.54, 1.807) is 7.11 Å². The topological polar surface area (TPSA) is 47.9 Å². The van der Waals surface area contributed by atoms with Gasteiger partial charge >= 0.3 is 0 Å². The highest BCUT2D eigenvalue weighted by Crippen LogP contribution is 2.23. The van der Waals surface area contributed by atoms with Gasteiger partial charge in [-0.25, -0.2) is 15.0 Å². The second-order valence-corrected chi connectivity index (χ2v) is 4.29. The molecule has 1 heterocycles. The molecule has 0 radical (unpaired) electrons. The zero-order chi connectivity index (χ0) is 12.3. The van der Waals surface area contributed by atoms with Gasteiger partial charge in [0.2, 0.25) is 0 Å². The first-order chi connectivity index (χ1) is 8.20. The van der Waals surface area contributed by atoms with Crippen LogP contribution in [0.3, 0.4) is 0 Å². The minimum absolute atomic E-state index is 0.342. The van der Waals surface area contributed by atoms with Crippen LogP contribution in [0.25, 0.3) is 11.4 Å². The van der Waals surface area contributed by atoms with E-state index in [4.69, 9.17) is 27.9 Å². The Kier molecular flexibility index (Phi) is 3.76. The first-order valence-electron chi connectivity index (χ1n) is 4.82. The molecule has 2 aromatic rings. The van der Waals surface area contributed by atoms with Gasteiger partial charge in [0.05, 0.1) is 7.11 Å². The Labute approximate surface area is 109 Å². The second kappa shape index (κ2) is 5.29. The van der Waals surface area contributed by atoms with Gasteiger partial charge in [0, 0.05) is 5.56 Å². The Bertz CT molecular complexity index is 502. The molecule has 0 N–H and O–H groups in total. The zero-order valence-electron chi connectivity index (χ0n) is 8.97. The second-order valence-electron chi connectivity index (χ2n) is 3.20. The van der Waals surface area contributed by atoms with Crippen LogP contribution in [-0.2, 0) is 0 Å². The fraction of sp³-hybridized carbons (Fsp3) is 0.182. The first-order valence-corrected chi connectivity index (χ1v) is 5.69. The molecular weight excluding hydrogens is 261 g/mol. The number of methoxy groups -OCH3 is 1. The summed E-state index contributed by atoms with van der Waals surface area (Å²) in [5.41, 5.74) is 0.850. The number of alkyl halides is 2. The number of benzene rings is 1. The smallest absolute Gasteiger partial charge is 0.167 e. The van der Waals surface area contributed by atoms with Crippen molar-refractivity contribution in [2.75, 3.05) is 7.11 Å². The average molecular weight is 270 g/mol. The van der Waals surface area contributed by atoms with Crippen LogP contribution >= 0.6 is 23.2 Å². The van der Waals surface area contributed by atoms with E-state index in [1.165, 1.54) is 6.33 Å². The number of aromatic nitrogens is 3. The summed E-state index contributed by atoms with van der Waals surface area (Å²) in [7, 11) is 1.61. The molecule has 0 unspecified atom stereocenters. The normalized spacial score (nSPS) is 10.6. The van der Waals surface area contributed by atoms with Crippen LogP contribution in [0.4, 0.5) is 0 Å². The van der Waals surface area contributed by atoms with E-state index in [0.717, 1.165) is 11.3 Å². The highest BCUT2D eigenvalue weighted by molar-refractivity contribution is 6.43. The Morgan fingerprint density at radius 3 is 2.41 bits per heavy atom. The van der Waals surface area contributed by atoms with E-state index < -0.39 is 4.84 Å². The maximum Gasteiger partial charge on any atom is 0.167 e. The number of ether oxygens (including phenoxy) is 1. The molecule has 0 aliphatic rings. The lowest BCUT2D eigenvalue weighted by Crippen LogP contribution is -1.98. The van der Waals surface area contributed by atoms with Crippen molar-refractivity contribution in [3.05, 3.63) is 36.4 Å². The third kappa shape index (κ3) is 2.84. The number of rotatable bonds is 3. The van der Waals surface area contributed by atoms with Crippen molar-refractivity contribution in [1.29, 1.82) is 0 Å². The number of nitrogens with zero attached hydrogens (tertiary/aromatic N) is 3. The van der Waals surface area contributed by atoms with Crippen molar-refractivity contribution in [2.24, 2.45) is 0 Å². The lowest BCUT2D eigenvalue weighted by molar-refractivity contribution is 0.415. The number of hydrogen-bond acceptors (Lipinski definition) is 4. The SMILES string of the molecule is COc1ccc(-c2ncnc(C(Cl)Cl)n2)cc1. The molecule has 17 heavy (non-hydrogen) atoms. The van der Waals surface area contributed by atoms with Crippen LogP contribution in [0, 0.1) is 0 Å². The maximum absolute atomic E-state index is 5.70. The summed E-state index contributed by atoms with van der Waals surface area (Å²) in [6, 6.07) is 7.38. The van der Waals surface area contributed by atoms with Gasteiger partial charge in [0.25, 0.3) is 0 Å². The molecule has 0 atom stereocenters. The molecule has 0 spiro atoms. The molecule has 0 bridgehead atoms. The summed E-state index contributed by atoms with van der Waals surface area (Å²) in [6.45, 7) is 0. The molecule has 0 fully saturated rings. The Morgan fingerprint density at radius 2 is 1.82 bits per heavy atom. The molecule has 1 aromatic carbocycles. The molecule has 6 heteroatoms. The van der Waals surface area contributed by atoms with Crippen molar-refractivity contribution in [3.63, 3.8) is 0 Å². The number of hydrogen-bond donors (Lipinski definition) is 0. The van der Waals surface area contributed by atoms with Crippen molar-refractivity contribution < 1.29 is 4.74 Å². The van der Waals surface area contributed by atoms with E-state index in [-0.39, 0.29) is 0 Å². The van der Waals surface area contributed by atoms with Crippen molar-refractivity contribution in [2.45, 2.75) is 4.84 Å². The predicted molar refractivity (Wildman–Crippen MR) is 66.3 cm³/mol. The lowest BCUT2D eigenvalue weighted by Gasteiger charge is -2.04. The van der Waals surface area contributed by atoms with Crippen molar-refractivity contribution in [3.8, 4) is 17.1 Å². The van der Waals surface area contributed by atoms with Crippen LogP contribution in [0.2, 0.25) is 0 Å². The highest BCUT2D eigenvalue weighted by Gasteiger charge is 2.09. The van der Waals surface area contributed by atoms with Crippen LogP contribution in [-0.4, -0.2) is 22.1 Å². The predicted octanol–water partition coefficient (Wildman–Crippen LogP) is 3.02. The fourth-order valence-corrected chi connectivity index (χ4v) is 1.50. The minimum Gasteiger partial charge on any atom is -0.497 e. The van der Waals surface area contributed by atoms with E-state index in [9.17, 15) is 0 Å². The van der Waals surface area contributed by atoms with Gasteiger partial charge in [-0.1, -0.05) is 23.2 Å². The molecule has 2 rings (SSSR count). The summed E-state index contributed by atoms with van der Waals surface area (Å²) >= 11 is 11.4. The molecule has 0 aliphatic heterocycles. The standard InChI is InChI=1S/C11H9Cl2N3O/c1-17-8-4-2-7(3-5-8)10-14-6-15-11(16-10)9(12)13/h2-6,9H,1H3. The Balaban J connectivity index is 2.35. The monoisotopic (exact) mass is 269 g/mol. The summed E-state index contributed by atoms with van der Waals surface area (Å²) in [5.74, 6) is 1.65. The maximum atomic E-state index is 5.70. The zero-order valence-corrected chi connectivity index (χ0v) is 10.5. The van der Waals surface area contributed by atoms with E-state index in [2.05, 4.69) is 15.0 Å². The van der Waals surface area contributed by atoms with Crippen LogP contribution < -0.4 is 4.74 Å². The van der Waals surface area contributed by atoms with Gasteiger partial charge in [-0.2, -0.15) is 0 Å².